The summed E-state index contributed by atoms with van der Waals surface area (Å²) < 4.78 is 5.43. The molecule has 0 spiro atoms. The van der Waals surface area contributed by atoms with Crippen molar-refractivity contribution in [2.75, 3.05) is 13.2 Å². The number of ether oxygens (including phenoxy) is 1. The second-order valence-electron chi connectivity index (χ2n) is 23.2. The molecule has 6 nitrogen and oxygen atoms in total. The van der Waals surface area contributed by atoms with Gasteiger partial charge >= 0.3 is 5.97 Å². The first-order valence-electron chi connectivity index (χ1n) is 33.8. The number of aliphatic hydroxyl groups excluding tert-OH is 2. The number of allylic oxidation sites excluding steroid dienone is 4. The SMILES string of the molecule is CCCCCCCCCCCCCCCCCCCC/C=C/C(O)C(CO)NC(=O)CCCCCCCCCCCCCCCC/C=C\C/C=C\CCOC(=O)CCCCCCCCCCCCCCCCCCC. The molecular weight excluding hydrogens is 923 g/mol. The first kappa shape index (κ1) is 73.1. The topological polar surface area (TPSA) is 95.9 Å². The van der Waals surface area contributed by atoms with Crippen molar-refractivity contribution < 1.29 is 24.5 Å². The van der Waals surface area contributed by atoms with Gasteiger partial charge in [-0.1, -0.05) is 339 Å². The van der Waals surface area contributed by atoms with Gasteiger partial charge in [0.15, 0.2) is 0 Å². The summed E-state index contributed by atoms with van der Waals surface area (Å²) in [4.78, 5) is 24.6. The minimum atomic E-state index is -0.849. The monoisotopic (exact) mass is 1050 g/mol. The zero-order valence-electron chi connectivity index (χ0n) is 50.5. The van der Waals surface area contributed by atoms with E-state index in [0.29, 0.717) is 19.4 Å². The third-order valence-corrected chi connectivity index (χ3v) is 15.7. The molecule has 0 aromatic rings. The predicted molar refractivity (Wildman–Crippen MR) is 329 cm³/mol. The molecule has 3 N–H and O–H groups in total. The number of hydrogen-bond acceptors (Lipinski definition) is 5. The molecule has 6 heteroatoms. The quantitative estimate of drug-likeness (QED) is 0.0320. The number of unbranched alkanes of at least 4 members (excludes halogenated alkanes) is 48. The van der Waals surface area contributed by atoms with Crippen molar-refractivity contribution >= 4 is 11.9 Å². The van der Waals surface area contributed by atoms with Crippen molar-refractivity contribution in [1.29, 1.82) is 0 Å². The first-order chi connectivity index (χ1) is 37.0. The van der Waals surface area contributed by atoms with Crippen molar-refractivity contribution in [3.8, 4) is 0 Å². The van der Waals surface area contributed by atoms with Gasteiger partial charge in [-0.25, -0.2) is 0 Å². The molecule has 0 bridgehead atoms. The second kappa shape index (κ2) is 64.6. The summed E-state index contributed by atoms with van der Waals surface area (Å²) in [6, 6.07) is -0.633. The molecule has 2 unspecified atom stereocenters. The van der Waals surface area contributed by atoms with Gasteiger partial charge in [0.2, 0.25) is 5.91 Å². The maximum absolute atomic E-state index is 12.5. The molecule has 0 aromatic heterocycles. The Morgan fingerprint density at radius 1 is 0.373 bits per heavy atom. The average molecular weight is 1050 g/mol. The van der Waals surface area contributed by atoms with Crippen LogP contribution >= 0.6 is 0 Å². The molecule has 0 saturated carbocycles. The van der Waals surface area contributed by atoms with E-state index in [9.17, 15) is 19.8 Å². The molecule has 442 valence electrons. The van der Waals surface area contributed by atoms with Crippen LogP contribution in [0.25, 0.3) is 0 Å². The summed E-state index contributed by atoms with van der Waals surface area (Å²) >= 11 is 0. The fourth-order valence-corrected chi connectivity index (χ4v) is 10.5. The minimum absolute atomic E-state index is 0.0314. The van der Waals surface area contributed by atoms with E-state index in [1.807, 2.05) is 6.08 Å². The Hall–Kier alpha value is -1.92. The third kappa shape index (κ3) is 61.2. The lowest BCUT2D eigenvalue weighted by Crippen LogP contribution is -2.45. The molecule has 0 aliphatic carbocycles. The third-order valence-electron chi connectivity index (χ3n) is 15.7. The number of carbonyl (C=O) groups is 2. The van der Waals surface area contributed by atoms with Crippen LogP contribution in [0.3, 0.4) is 0 Å². The van der Waals surface area contributed by atoms with Crippen LogP contribution in [0.15, 0.2) is 36.5 Å². The van der Waals surface area contributed by atoms with Gasteiger partial charge in [-0.15, -0.1) is 0 Å². The number of esters is 1. The predicted octanol–water partition coefficient (Wildman–Crippen LogP) is 21.5. The molecule has 0 rings (SSSR count). The molecule has 0 saturated heterocycles. The molecule has 0 fully saturated rings. The molecule has 0 aliphatic rings. The smallest absolute Gasteiger partial charge is 0.305 e. The molecule has 0 radical (unpaired) electrons. The zero-order valence-corrected chi connectivity index (χ0v) is 50.5. The summed E-state index contributed by atoms with van der Waals surface area (Å²) in [6.45, 7) is 4.83. The van der Waals surface area contributed by atoms with Crippen molar-refractivity contribution in [2.24, 2.45) is 0 Å². The van der Waals surface area contributed by atoms with E-state index in [2.05, 4.69) is 43.5 Å². The van der Waals surface area contributed by atoms with Crippen LogP contribution in [0.1, 0.15) is 367 Å². The number of nitrogens with one attached hydrogen (secondary N) is 1. The summed E-state index contributed by atoms with van der Waals surface area (Å²) in [5.74, 6) is -0.101. The minimum Gasteiger partial charge on any atom is -0.465 e. The van der Waals surface area contributed by atoms with Crippen LogP contribution in [-0.2, 0) is 14.3 Å². The Kier molecular flexibility index (Phi) is 63.0. The van der Waals surface area contributed by atoms with E-state index < -0.39 is 12.1 Å². The highest BCUT2D eigenvalue weighted by Gasteiger charge is 2.18. The van der Waals surface area contributed by atoms with Gasteiger partial charge in [-0.3, -0.25) is 9.59 Å². The van der Waals surface area contributed by atoms with Crippen LogP contribution < -0.4 is 5.32 Å². The van der Waals surface area contributed by atoms with Gasteiger partial charge in [0.1, 0.15) is 0 Å². The number of rotatable bonds is 63. The Morgan fingerprint density at radius 3 is 1.01 bits per heavy atom. The number of hydrogen-bond donors (Lipinski definition) is 3. The molecular formula is C69H131NO5. The molecule has 0 aromatic carbocycles. The van der Waals surface area contributed by atoms with E-state index in [4.69, 9.17) is 4.74 Å². The van der Waals surface area contributed by atoms with Crippen molar-refractivity contribution in [1.82, 2.24) is 5.32 Å². The van der Waals surface area contributed by atoms with E-state index in [-0.39, 0.29) is 18.5 Å². The normalized spacial score (nSPS) is 12.7. The summed E-state index contributed by atoms with van der Waals surface area (Å²) in [5, 5.41) is 23.2. The molecule has 2 atom stereocenters. The lowest BCUT2D eigenvalue weighted by molar-refractivity contribution is -0.143. The Labute approximate surface area is 468 Å². The number of carbonyl (C=O) groups excluding carboxylic acids is 2. The van der Waals surface area contributed by atoms with Crippen LogP contribution in [0.4, 0.5) is 0 Å². The highest BCUT2D eigenvalue weighted by Crippen LogP contribution is 2.18. The number of aliphatic hydroxyl groups is 2. The highest BCUT2D eigenvalue weighted by molar-refractivity contribution is 5.76. The Bertz CT molecular complexity index is 1210. The maximum Gasteiger partial charge on any atom is 0.305 e. The highest BCUT2D eigenvalue weighted by atomic mass is 16.5. The van der Waals surface area contributed by atoms with Crippen LogP contribution in [0.5, 0.6) is 0 Å². The van der Waals surface area contributed by atoms with Gasteiger partial charge in [-0.2, -0.15) is 0 Å². The Balaban J connectivity index is 3.46. The summed E-state index contributed by atoms with van der Waals surface area (Å²) in [6.07, 6.45) is 82.2. The standard InChI is InChI=1S/C69H131NO5/c1-3-5-7-9-11-13-15-17-19-21-22-26-30-33-37-41-45-49-53-57-61-67(72)66(65-71)70-68(73)62-58-54-50-46-42-38-34-31-27-24-23-25-28-32-36-40-44-48-52-56-60-64-75-69(74)63-59-55-51-47-43-39-35-29-20-18-16-14-12-10-8-6-4-2/h40,44,52,56-57,61,66-67,71-72H,3-39,41-43,45-51,53-55,58-60,62-65H2,1-2H3,(H,70,73)/b44-40-,56-52-,61-57+. The van der Waals surface area contributed by atoms with Crippen molar-refractivity contribution in [2.45, 2.75) is 379 Å². The molecule has 1 amide bonds. The first-order valence-corrected chi connectivity index (χ1v) is 33.8. The van der Waals surface area contributed by atoms with E-state index in [0.717, 1.165) is 51.4 Å². The van der Waals surface area contributed by atoms with Gasteiger partial charge in [0, 0.05) is 12.8 Å². The second-order valence-corrected chi connectivity index (χ2v) is 23.2. The maximum atomic E-state index is 12.5. The lowest BCUT2D eigenvalue weighted by atomic mass is 10.0. The summed E-state index contributed by atoms with van der Waals surface area (Å²) in [5.41, 5.74) is 0. The van der Waals surface area contributed by atoms with Gasteiger partial charge in [0.05, 0.1) is 25.4 Å². The van der Waals surface area contributed by atoms with E-state index in [1.165, 1.54) is 289 Å². The van der Waals surface area contributed by atoms with Crippen molar-refractivity contribution in [3.05, 3.63) is 36.5 Å². The van der Waals surface area contributed by atoms with Gasteiger partial charge in [0.25, 0.3) is 0 Å². The largest absolute Gasteiger partial charge is 0.465 e. The van der Waals surface area contributed by atoms with Crippen LogP contribution in [0, 0.1) is 0 Å². The zero-order chi connectivity index (χ0) is 54.3. The van der Waals surface area contributed by atoms with E-state index >= 15 is 0 Å². The molecule has 0 aliphatic heterocycles. The average Bonchev–Trinajstić information content (AvgIpc) is 3.41. The van der Waals surface area contributed by atoms with Crippen LogP contribution in [-0.4, -0.2) is 47.4 Å². The Morgan fingerprint density at radius 2 is 0.667 bits per heavy atom. The fraction of sp³-hybridized carbons (Fsp3) is 0.884. The van der Waals surface area contributed by atoms with E-state index in [1.54, 1.807) is 6.08 Å². The van der Waals surface area contributed by atoms with Gasteiger partial charge in [-0.05, 0) is 51.4 Å². The fourth-order valence-electron chi connectivity index (χ4n) is 10.5. The van der Waals surface area contributed by atoms with Crippen molar-refractivity contribution in [3.63, 3.8) is 0 Å². The van der Waals surface area contributed by atoms with Gasteiger partial charge < -0.3 is 20.3 Å². The van der Waals surface area contributed by atoms with Crippen LogP contribution in [0.2, 0.25) is 0 Å². The number of amides is 1. The lowest BCUT2D eigenvalue weighted by Gasteiger charge is -2.20. The molecule has 75 heavy (non-hydrogen) atoms. The molecule has 0 heterocycles. The summed E-state index contributed by atoms with van der Waals surface area (Å²) in [7, 11) is 0.